The zero-order valence-electron chi connectivity index (χ0n) is 9.06. The highest BCUT2D eigenvalue weighted by atomic mass is 19.1. The predicted molar refractivity (Wildman–Crippen MR) is 60.1 cm³/mol. The number of oxime groups is 1. The van der Waals surface area contributed by atoms with Gasteiger partial charge in [0.15, 0.2) is 0 Å². The van der Waals surface area contributed by atoms with E-state index in [1.807, 2.05) is 12.1 Å². The maximum atomic E-state index is 13.4. The molecular formula is C12H15FN2O. The van der Waals surface area contributed by atoms with E-state index in [9.17, 15) is 4.39 Å². The Morgan fingerprint density at radius 2 is 1.94 bits per heavy atom. The number of benzene rings is 1. The maximum Gasteiger partial charge on any atom is 0.127 e. The average Bonchev–Trinajstić information content (AvgIpc) is 2.33. The summed E-state index contributed by atoms with van der Waals surface area (Å²) in [6.07, 6.45) is 1.54. The van der Waals surface area contributed by atoms with Gasteiger partial charge in [-0.1, -0.05) is 23.4 Å². The molecule has 3 nitrogen and oxygen atoms in total. The van der Waals surface area contributed by atoms with Crippen LogP contribution in [-0.4, -0.2) is 28.9 Å². The molecule has 1 fully saturated rings. The fraction of sp³-hybridized carbons (Fsp3) is 0.417. The lowest BCUT2D eigenvalue weighted by molar-refractivity contribution is 0.253. The van der Waals surface area contributed by atoms with Crippen LogP contribution in [0.1, 0.15) is 18.4 Å². The van der Waals surface area contributed by atoms with Gasteiger partial charge in [0.05, 0.1) is 5.71 Å². The quantitative estimate of drug-likeness (QED) is 0.615. The summed E-state index contributed by atoms with van der Waals surface area (Å²) in [5.74, 6) is -0.149. The Balaban J connectivity index is 1.94. The molecule has 0 unspecified atom stereocenters. The standard InChI is InChI=1S/C12H15FN2O/c13-12-4-2-1-3-10(12)9-15-7-5-11(14-16)6-8-15/h1-4,16H,5-9H2. The van der Waals surface area contributed by atoms with Gasteiger partial charge in [0, 0.05) is 38.0 Å². The normalized spacial score (nSPS) is 17.4. The summed E-state index contributed by atoms with van der Waals surface area (Å²) in [4.78, 5) is 2.17. The van der Waals surface area contributed by atoms with Gasteiger partial charge in [0.2, 0.25) is 0 Å². The van der Waals surface area contributed by atoms with Gasteiger partial charge in [-0.25, -0.2) is 4.39 Å². The predicted octanol–water partition coefficient (Wildman–Crippen LogP) is 2.25. The minimum absolute atomic E-state index is 0.149. The Hall–Kier alpha value is -1.42. The van der Waals surface area contributed by atoms with Crippen LogP contribution in [0.25, 0.3) is 0 Å². The number of hydrogen-bond acceptors (Lipinski definition) is 3. The fourth-order valence-electron chi connectivity index (χ4n) is 1.94. The number of nitrogens with zero attached hydrogens (tertiary/aromatic N) is 2. The Morgan fingerprint density at radius 1 is 1.25 bits per heavy atom. The first kappa shape index (κ1) is 11.1. The molecule has 0 bridgehead atoms. The molecule has 0 spiro atoms. The van der Waals surface area contributed by atoms with E-state index in [1.54, 1.807) is 6.07 Å². The Bertz CT molecular complexity index is 382. The van der Waals surface area contributed by atoms with Gasteiger partial charge in [-0.2, -0.15) is 0 Å². The van der Waals surface area contributed by atoms with E-state index in [0.717, 1.165) is 37.2 Å². The maximum absolute atomic E-state index is 13.4. The number of rotatable bonds is 2. The lowest BCUT2D eigenvalue weighted by Gasteiger charge is -2.27. The van der Waals surface area contributed by atoms with Crippen molar-refractivity contribution in [1.82, 2.24) is 4.90 Å². The van der Waals surface area contributed by atoms with E-state index in [0.29, 0.717) is 6.54 Å². The molecule has 0 saturated carbocycles. The molecule has 86 valence electrons. The molecular weight excluding hydrogens is 207 g/mol. The second kappa shape index (κ2) is 5.07. The van der Waals surface area contributed by atoms with Crippen molar-refractivity contribution in [3.05, 3.63) is 35.6 Å². The van der Waals surface area contributed by atoms with Gasteiger partial charge < -0.3 is 5.21 Å². The van der Waals surface area contributed by atoms with Crippen LogP contribution < -0.4 is 0 Å². The summed E-state index contributed by atoms with van der Waals surface area (Å²) >= 11 is 0. The molecule has 1 aliphatic heterocycles. The van der Waals surface area contributed by atoms with Crippen LogP contribution in [0.4, 0.5) is 4.39 Å². The van der Waals surface area contributed by atoms with Gasteiger partial charge in [-0.15, -0.1) is 0 Å². The number of hydrogen-bond donors (Lipinski definition) is 1. The van der Waals surface area contributed by atoms with E-state index in [2.05, 4.69) is 10.1 Å². The van der Waals surface area contributed by atoms with Crippen molar-refractivity contribution in [2.45, 2.75) is 19.4 Å². The minimum Gasteiger partial charge on any atom is -0.411 e. The first-order valence-electron chi connectivity index (χ1n) is 5.45. The molecule has 0 amide bonds. The lowest BCUT2D eigenvalue weighted by Crippen LogP contribution is -2.33. The monoisotopic (exact) mass is 222 g/mol. The second-order valence-corrected chi connectivity index (χ2v) is 4.03. The summed E-state index contributed by atoms with van der Waals surface area (Å²) in [6, 6.07) is 6.85. The van der Waals surface area contributed by atoms with Crippen LogP contribution in [0.3, 0.4) is 0 Å². The van der Waals surface area contributed by atoms with Crippen molar-refractivity contribution in [1.29, 1.82) is 0 Å². The van der Waals surface area contributed by atoms with Crippen LogP contribution in [-0.2, 0) is 6.54 Å². The zero-order valence-corrected chi connectivity index (χ0v) is 9.06. The molecule has 1 aromatic carbocycles. The molecule has 0 radical (unpaired) electrons. The summed E-state index contributed by atoms with van der Waals surface area (Å²) in [5.41, 5.74) is 1.57. The van der Waals surface area contributed by atoms with E-state index < -0.39 is 0 Å². The lowest BCUT2D eigenvalue weighted by atomic mass is 10.1. The molecule has 0 aliphatic carbocycles. The smallest absolute Gasteiger partial charge is 0.127 e. The Labute approximate surface area is 94.2 Å². The third kappa shape index (κ3) is 2.58. The second-order valence-electron chi connectivity index (χ2n) is 4.03. The molecule has 1 aliphatic rings. The highest BCUT2D eigenvalue weighted by Gasteiger charge is 2.16. The Kier molecular flexibility index (Phi) is 3.51. The van der Waals surface area contributed by atoms with Gasteiger partial charge in [-0.3, -0.25) is 4.90 Å². The van der Waals surface area contributed by atoms with E-state index in [1.165, 1.54) is 6.07 Å². The molecule has 1 aromatic rings. The van der Waals surface area contributed by atoms with Crippen molar-refractivity contribution >= 4 is 5.71 Å². The van der Waals surface area contributed by atoms with Crippen LogP contribution in [0.15, 0.2) is 29.4 Å². The topological polar surface area (TPSA) is 35.8 Å². The first-order chi connectivity index (χ1) is 7.79. The molecule has 2 rings (SSSR count). The summed E-state index contributed by atoms with van der Waals surface area (Å²) in [5, 5.41) is 11.8. The molecule has 1 N–H and O–H groups in total. The summed E-state index contributed by atoms with van der Waals surface area (Å²) in [7, 11) is 0. The molecule has 4 heteroatoms. The molecule has 0 aromatic heterocycles. The van der Waals surface area contributed by atoms with Crippen molar-refractivity contribution < 1.29 is 9.60 Å². The third-order valence-electron chi connectivity index (χ3n) is 2.93. The molecule has 0 atom stereocenters. The number of likely N-dealkylation sites (tertiary alicyclic amines) is 1. The zero-order chi connectivity index (χ0) is 11.4. The van der Waals surface area contributed by atoms with Gasteiger partial charge in [0.25, 0.3) is 0 Å². The minimum atomic E-state index is -0.149. The Morgan fingerprint density at radius 3 is 2.56 bits per heavy atom. The van der Waals surface area contributed by atoms with Crippen LogP contribution in [0, 0.1) is 5.82 Å². The van der Waals surface area contributed by atoms with E-state index in [4.69, 9.17) is 5.21 Å². The summed E-state index contributed by atoms with van der Waals surface area (Å²) in [6.45, 7) is 2.28. The highest BCUT2D eigenvalue weighted by Crippen LogP contribution is 2.14. The fourth-order valence-corrected chi connectivity index (χ4v) is 1.94. The van der Waals surface area contributed by atoms with Gasteiger partial charge in [0.1, 0.15) is 5.82 Å². The highest BCUT2D eigenvalue weighted by molar-refractivity contribution is 5.84. The van der Waals surface area contributed by atoms with Gasteiger partial charge in [-0.05, 0) is 6.07 Å². The number of piperidine rings is 1. The third-order valence-corrected chi connectivity index (χ3v) is 2.93. The number of halogens is 1. The first-order valence-corrected chi connectivity index (χ1v) is 5.45. The summed E-state index contributed by atoms with van der Waals surface area (Å²) < 4.78 is 13.4. The van der Waals surface area contributed by atoms with Crippen molar-refractivity contribution in [2.24, 2.45) is 5.16 Å². The SMILES string of the molecule is ON=C1CCN(Cc2ccccc2F)CC1. The van der Waals surface area contributed by atoms with Crippen molar-refractivity contribution in [2.75, 3.05) is 13.1 Å². The molecule has 1 heterocycles. The van der Waals surface area contributed by atoms with Crippen molar-refractivity contribution in [3.63, 3.8) is 0 Å². The average molecular weight is 222 g/mol. The van der Waals surface area contributed by atoms with Crippen LogP contribution >= 0.6 is 0 Å². The van der Waals surface area contributed by atoms with Crippen LogP contribution in [0.5, 0.6) is 0 Å². The van der Waals surface area contributed by atoms with Gasteiger partial charge >= 0.3 is 0 Å². The largest absolute Gasteiger partial charge is 0.411 e. The molecule has 1 saturated heterocycles. The van der Waals surface area contributed by atoms with Crippen LogP contribution in [0.2, 0.25) is 0 Å². The molecule has 16 heavy (non-hydrogen) atoms. The van der Waals surface area contributed by atoms with Crippen molar-refractivity contribution in [3.8, 4) is 0 Å². The van der Waals surface area contributed by atoms with E-state index >= 15 is 0 Å². The van der Waals surface area contributed by atoms with E-state index in [-0.39, 0.29) is 5.82 Å².